The monoisotopic (exact) mass is 384 g/mol. The van der Waals surface area contributed by atoms with Crippen molar-refractivity contribution in [3.05, 3.63) is 29.8 Å². The molecule has 8 heteroatoms. The Morgan fingerprint density at radius 2 is 2.21 bits per heavy atom. The summed E-state index contributed by atoms with van der Waals surface area (Å²) >= 11 is 3.09. The van der Waals surface area contributed by atoms with Crippen molar-refractivity contribution in [1.82, 2.24) is 4.90 Å². The van der Waals surface area contributed by atoms with Crippen LogP contribution in [0.25, 0.3) is 0 Å². The molecule has 0 bridgehead atoms. The SMILES string of the molecule is CCN(C(=O)CSC1=Nc2ccccc2CS1)[C@@H]1CCS(=O)(=O)C1. The van der Waals surface area contributed by atoms with E-state index in [2.05, 4.69) is 11.1 Å². The zero-order chi connectivity index (χ0) is 17.2. The van der Waals surface area contributed by atoms with Gasteiger partial charge < -0.3 is 4.90 Å². The Kier molecular flexibility index (Phi) is 5.56. The lowest BCUT2D eigenvalue weighted by Crippen LogP contribution is -2.42. The molecule has 0 saturated carbocycles. The highest BCUT2D eigenvalue weighted by Crippen LogP contribution is 2.34. The van der Waals surface area contributed by atoms with Crippen LogP contribution in [0.2, 0.25) is 0 Å². The van der Waals surface area contributed by atoms with E-state index in [1.165, 1.54) is 17.3 Å². The zero-order valence-corrected chi connectivity index (χ0v) is 15.9. The number of aliphatic imine (C=N–C) groups is 1. The van der Waals surface area contributed by atoms with Crippen LogP contribution in [-0.4, -0.2) is 53.4 Å². The van der Waals surface area contributed by atoms with Gasteiger partial charge in [0.2, 0.25) is 5.91 Å². The highest BCUT2D eigenvalue weighted by atomic mass is 32.2. The molecule has 0 N–H and O–H groups in total. The molecule has 1 amide bonds. The number of rotatable bonds is 4. The summed E-state index contributed by atoms with van der Waals surface area (Å²) < 4.78 is 24.2. The summed E-state index contributed by atoms with van der Waals surface area (Å²) in [5.41, 5.74) is 2.19. The number of hydrogen-bond donors (Lipinski definition) is 0. The molecule has 1 atom stereocenters. The van der Waals surface area contributed by atoms with Gasteiger partial charge in [0.15, 0.2) is 9.84 Å². The third-order valence-corrected chi connectivity index (χ3v) is 8.16. The van der Waals surface area contributed by atoms with Crippen molar-refractivity contribution >= 4 is 49.3 Å². The number of thioether (sulfide) groups is 2. The van der Waals surface area contributed by atoms with E-state index in [1.54, 1.807) is 16.7 Å². The molecule has 0 spiro atoms. The quantitative estimate of drug-likeness (QED) is 0.798. The number of para-hydroxylation sites is 1. The van der Waals surface area contributed by atoms with Crippen LogP contribution in [0.15, 0.2) is 29.3 Å². The third kappa shape index (κ3) is 4.15. The maximum absolute atomic E-state index is 12.5. The molecule has 5 nitrogen and oxygen atoms in total. The highest BCUT2D eigenvalue weighted by molar-refractivity contribution is 8.38. The average Bonchev–Trinajstić information content (AvgIpc) is 2.93. The summed E-state index contributed by atoms with van der Waals surface area (Å²) in [6.07, 6.45) is 0.551. The molecule has 1 aromatic rings. The van der Waals surface area contributed by atoms with Gasteiger partial charge >= 0.3 is 0 Å². The van der Waals surface area contributed by atoms with Crippen LogP contribution in [0.5, 0.6) is 0 Å². The summed E-state index contributed by atoms with van der Waals surface area (Å²) in [5.74, 6) is 1.45. The molecule has 2 aliphatic rings. The first kappa shape index (κ1) is 17.8. The minimum atomic E-state index is -2.98. The van der Waals surface area contributed by atoms with E-state index in [1.807, 2.05) is 25.1 Å². The number of nitrogens with zero attached hydrogens (tertiary/aromatic N) is 2. The van der Waals surface area contributed by atoms with Crippen molar-refractivity contribution in [2.24, 2.45) is 4.99 Å². The molecule has 2 heterocycles. The molecule has 1 aromatic carbocycles. The van der Waals surface area contributed by atoms with E-state index < -0.39 is 9.84 Å². The predicted octanol–water partition coefficient (Wildman–Crippen LogP) is 2.69. The van der Waals surface area contributed by atoms with Crippen molar-refractivity contribution in [2.45, 2.75) is 25.1 Å². The van der Waals surface area contributed by atoms with Crippen molar-refractivity contribution < 1.29 is 13.2 Å². The van der Waals surface area contributed by atoms with Crippen LogP contribution < -0.4 is 0 Å². The van der Waals surface area contributed by atoms with E-state index in [-0.39, 0.29) is 23.5 Å². The van der Waals surface area contributed by atoms with Crippen LogP contribution in [0.1, 0.15) is 18.9 Å². The maximum atomic E-state index is 12.5. The number of amides is 1. The van der Waals surface area contributed by atoms with Gasteiger partial charge in [-0.15, -0.1) is 0 Å². The number of sulfone groups is 1. The summed E-state index contributed by atoms with van der Waals surface area (Å²) in [4.78, 5) is 18.8. The molecule has 1 saturated heterocycles. The average molecular weight is 385 g/mol. The second-order valence-electron chi connectivity index (χ2n) is 5.82. The van der Waals surface area contributed by atoms with E-state index in [0.29, 0.717) is 18.7 Å². The molecule has 1 fully saturated rings. The molecule has 2 aliphatic heterocycles. The highest BCUT2D eigenvalue weighted by Gasteiger charge is 2.33. The molecular formula is C16H20N2O3S3. The second kappa shape index (κ2) is 7.49. The van der Waals surface area contributed by atoms with Crippen LogP contribution in [0.4, 0.5) is 5.69 Å². The normalized spacial score (nSPS) is 21.9. The van der Waals surface area contributed by atoms with Gasteiger partial charge in [0, 0.05) is 18.3 Å². The Hall–Kier alpha value is -0.990. The molecule has 3 rings (SSSR count). The fourth-order valence-electron chi connectivity index (χ4n) is 2.95. The minimum absolute atomic E-state index is 0.00763. The second-order valence-corrected chi connectivity index (χ2v) is 10.2. The Balaban J connectivity index is 1.60. The standard InChI is InChI=1S/C16H20N2O3S3/c1-2-18(13-7-8-24(20,21)11-13)15(19)10-23-16-17-14-6-4-3-5-12(14)9-22-16/h3-6,13H,2,7-11H2,1H3/t13-/m1/s1. The first-order chi connectivity index (χ1) is 11.5. The van der Waals surface area contributed by atoms with Gasteiger partial charge in [0.1, 0.15) is 4.38 Å². The molecule has 0 unspecified atom stereocenters. The summed E-state index contributed by atoms with van der Waals surface area (Å²) in [7, 11) is -2.98. The lowest BCUT2D eigenvalue weighted by atomic mass is 10.2. The third-order valence-electron chi connectivity index (χ3n) is 4.18. The van der Waals surface area contributed by atoms with Gasteiger partial charge in [-0.25, -0.2) is 13.4 Å². The molecule has 0 aromatic heterocycles. The van der Waals surface area contributed by atoms with Gasteiger partial charge in [-0.3, -0.25) is 4.79 Å². The lowest BCUT2D eigenvalue weighted by Gasteiger charge is -2.27. The number of fused-ring (bicyclic) bond motifs is 1. The first-order valence-electron chi connectivity index (χ1n) is 7.90. The van der Waals surface area contributed by atoms with E-state index in [0.717, 1.165) is 15.8 Å². The number of hydrogen-bond acceptors (Lipinski definition) is 6. The van der Waals surface area contributed by atoms with Crippen LogP contribution >= 0.6 is 23.5 Å². The molecule has 0 radical (unpaired) electrons. The summed E-state index contributed by atoms with van der Waals surface area (Å²) in [5, 5.41) is 0. The van der Waals surface area contributed by atoms with Crippen molar-refractivity contribution in [2.75, 3.05) is 23.8 Å². The topological polar surface area (TPSA) is 66.8 Å². The summed E-state index contributed by atoms with van der Waals surface area (Å²) in [6.45, 7) is 2.44. The number of carbonyl (C=O) groups is 1. The summed E-state index contributed by atoms with van der Waals surface area (Å²) in [6, 6.07) is 7.85. The number of carbonyl (C=O) groups excluding carboxylic acids is 1. The predicted molar refractivity (Wildman–Crippen MR) is 102 cm³/mol. The molecule has 0 aliphatic carbocycles. The zero-order valence-electron chi connectivity index (χ0n) is 13.5. The van der Waals surface area contributed by atoms with Crippen LogP contribution in [-0.2, 0) is 20.4 Å². The van der Waals surface area contributed by atoms with Gasteiger partial charge in [0.25, 0.3) is 0 Å². The van der Waals surface area contributed by atoms with Gasteiger partial charge in [-0.1, -0.05) is 41.7 Å². The van der Waals surface area contributed by atoms with Gasteiger partial charge in [0.05, 0.1) is 22.9 Å². The molecular weight excluding hydrogens is 364 g/mol. The van der Waals surface area contributed by atoms with Crippen LogP contribution in [0, 0.1) is 0 Å². The maximum Gasteiger partial charge on any atom is 0.233 e. The smallest absolute Gasteiger partial charge is 0.233 e. The molecule has 130 valence electrons. The first-order valence-corrected chi connectivity index (χ1v) is 11.7. The Morgan fingerprint density at radius 1 is 1.42 bits per heavy atom. The Labute approximate surface area is 151 Å². The van der Waals surface area contributed by atoms with E-state index >= 15 is 0 Å². The van der Waals surface area contributed by atoms with E-state index in [4.69, 9.17) is 0 Å². The fraction of sp³-hybridized carbons (Fsp3) is 0.500. The molecule has 24 heavy (non-hydrogen) atoms. The Bertz CT molecular complexity index is 762. The van der Waals surface area contributed by atoms with Crippen molar-refractivity contribution in [1.29, 1.82) is 0 Å². The largest absolute Gasteiger partial charge is 0.338 e. The van der Waals surface area contributed by atoms with Crippen LogP contribution in [0.3, 0.4) is 0 Å². The minimum Gasteiger partial charge on any atom is -0.338 e. The lowest BCUT2D eigenvalue weighted by molar-refractivity contribution is -0.129. The number of benzene rings is 1. The van der Waals surface area contributed by atoms with Gasteiger partial charge in [-0.05, 0) is 25.0 Å². The van der Waals surface area contributed by atoms with Crippen molar-refractivity contribution in [3.63, 3.8) is 0 Å². The van der Waals surface area contributed by atoms with Gasteiger partial charge in [-0.2, -0.15) is 0 Å². The van der Waals surface area contributed by atoms with Crippen molar-refractivity contribution in [3.8, 4) is 0 Å². The van der Waals surface area contributed by atoms with E-state index in [9.17, 15) is 13.2 Å². The fourth-order valence-corrected chi connectivity index (χ4v) is 6.63. The Morgan fingerprint density at radius 3 is 2.92 bits per heavy atom.